The molecule has 90 valence electrons. The minimum absolute atomic E-state index is 0.163. The molecule has 0 radical (unpaired) electrons. The Labute approximate surface area is 108 Å². The zero-order valence-electron chi connectivity index (χ0n) is 9.34. The summed E-state index contributed by atoms with van der Waals surface area (Å²) in [6.45, 7) is 3.63. The van der Waals surface area contributed by atoms with Crippen LogP contribution in [0, 0.1) is 19.7 Å². The molecule has 2 rings (SSSR count). The van der Waals surface area contributed by atoms with Crippen LogP contribution < -0.4 is 0 Å². The van der Waals surface area contributed by atoms with Crippen LogP contribution in [0.1, 0.15) is 17.0 Å². The first-order valence-corrected chi connectivity index (χ1v) is 5.88. The van der Waals surface area contributed by atoms with Crippen molar-refractivity contribution < 1.29 is 4.39 Å². The lowest BCUT2D eigenvalue weighted by Gasteiger charge is -2.07. The van der Waals surface area contributed by atoms with Gasteiger partial charge in [-0.2, -0.15) is 5.10 Å². The Kier molecular flexibility index (Phi) is 3.35. The first-order valence-electron chi connectivity index (χ1n) is 4.97. The van der Waals surface area contributed by atoms with Crippen molar-refractivity contribution in [3.05, 3.63) is 40.1 Å². The summed E-state index contributed by atoms with van der Waals surface area (Å²) in [5, 5.41) is 4.84. The quantitative estimate of drug-likeness (QED) is 0.785. The molecule has 0 aromatic carbocycles. The van der Waals surface area contributed by atoms with Crippen molar-refractivity contribution in [1.82, 2.24) is 14.8 Å². The van der Waals surface area contributed by atoms with Gasteiger partial charge in [0.2, 0.25) is 0 Å². The van der Waals surface area contributed by atoms with Crippen LogP contribution in [0.5, 0.6) is 0 Å². The summed E-state index contributed by atoms with van der Waals surface area (Å²) in [6, 6.07) is 1.35. The molecule has 0 fully saturated rings. The van der Waals surface area contributed by atoms with Gasteiger partial charge in [-0.05, 0) is 19.9 Å². The Morgan fingerprint density at radius 3 is 2.65 bits per heavy atom. The largest absolute Gasteiger partial charge is 0.234 e. The molecule has 0 spiro atoms. The molecule has 0 aliphatic rings. The third-order valence-corrected chi connectivity index (χ3v) is 3.29. The second-order valence-electron chi connectivity index (χ2n) is 3.67. The molecule has 0 amide bonds. The number of hydrogen-bond acceptors (Lipinski definition) is 2. The molecule has 17 heavy (non-hydrogen) atoms. The fourth-order valence-corrected chi connectivity index (χ4v) is 1.91. The van der Waals surface area contributed by atoms with E-state index in [-0.39, 0.29) is 5.88 Å². The number of halogens is 3. The highest BCUT2D eigenvalue weighted by molar-refractivity contribution is 6.31. The van der Waals surface area contributed by atoms with E-state index < -0.39 is 5.82 Å². The van der Waals surface area contributed by atoms with E-state index in [4.69, 9.17) is 23.2 Å². The van der Waals surface area contributed by atoms with Gasteiger partial charge in [-0.25, -0.2) is 14.1 Å². The monoisotopic (exact) mass is 273 g/mol. The van der Waals surface area contributed by atoms with Gasteiger partial charge in [0.1, 0.15) is 5.82 Å². The van der Waals surface area contributed by atoms with E-state index in [0.717, 1.165) is 11.9 Å². The normalized spacial score (nSPS) is 10.9. The summed E-state index contributed by atoms with van der Waals surface area (Å²) in [5.74, 6) is 0.252. The van der Waals surface area contributed by atoms with E-state index in [1.165, 1.54) is 6.07 Å². The zero-order valence-corrected chi connectivity index (χ0v) is 10.8. The van der Waals surface area contributed by atoms with Crippen molar-refractivity contribution in [3.8, 4) is 5.82 Å². The lowest BCUT2D eigenvalue weighted by atomic mass is 10.3. The van der Waals surface area contributed by atoms with E-state index in [0.29, 0.717) is 22.1 Å². The Balaban J connectivity index is 2.64. The zero-order chi connectivity index (χ0) is 12.6. The predicted molar refractivity (Wildman–Crippen MR) is 65.4 cm³/mol. The fourth-order valence-electron chi connectivity index (χ4n) is 1.59. The van der Waals surface area contributed by atoms with Crippen molar-refractivity contribution >= 4 is 23.2 Å². The van der Waals surface area contributed by atoms with Crippen LogP contribution in [-0.4, -0.2) is 14.8 Å². The highest BCUT2D eigenvalue weighted by Gasteiger charge is 2.14. The number of aromatic nitrogens is 3. The van der Waals surface area contributed by atoms with Crippen molar-refractivity contribution in [2.24, 2.45) is 0 Å². The molecule has 0 N–H and O–H groups in total. The van der Waals surface area contributed by atoms with Gasteiger partial charge in [0.15, 0.2) is 5.82 Å². The lowest BCUT2D eigenvalue weighted by molar-refractivity contribution is 0.616. The molecule has 6 heteroatoms. The molecule has 0 saturated carbocycles. The van der Waals surface area contributed by atoms with Crippen LogP contribution in [0.2, 0.25) is 5.02 Å². The van der Waals surface area contributed by atoms with E-state index in [9.17, 15) is 4.39 Å². The first-order chi connectivity index (χ1) is 8.04. The number of aryl methyl sites for hydroxylation is 1. The molecular formula is C11H10Cl2FN3. The third-order valence-electron chi connectivity index (χ3n) is 2.46. The molecule has 2 aromatic heterocycles. The van der Waals surface area contributed by atoms with Crippen molar-refractivity contribution in [2.75, 3.05) is 0 Å². The molecule has 0 bridgehead atoms. The number of rotatable bonds is 2. The SMILES string of the molecule is Cc1nn(-c2ncc(F)cc2CCl)c(C)c1Cl. The van der Waals surface area contributed by atoms with Crippen molar-refractivity contribution in [3.63, 3.8) is 0 Å². The highest BCUT2D eigenvalue weighted by Crippen LogP contribution is 2.24. The van der Waals surface area contributed by atoms with Gasteiger partial charge in [0.05, 0.1) is 28.5 Å². The van der Waals surface area contributed by atoms with Gasteiger partial charge in [-0.1, -0.05) is 11.6 Å². The number of nitrogens with zero attached hydrogens (tertiary/aromatic N) is 3. The van der Waals surface area contributed by atoms with Gasteiger partial charge in [0, 0.05) is 5.56 Å². The highest BCUT2D eigenvalue weighted by atomic mass is 35.5. The average molecular weight is 274 g/mol. The second kappa shape index (κ2) is 4.63. The van der Waals surface area contributed by atoms with Crippen molar-refractivity contribution in [1.29, 1.82) is 0 Å². The summed E-state index contributed by atoms with van der Waals surface area (Å²) in [4.78, 5) is 4.02. The van der Waals surface area contributed by atoms with E-state index in [1.54, 1.807) is 11.6 Å². The van der Waals surface area contributed by atoms with Gasteiger partial charge in [0.25, 0.3) is 0 Å². The molecule has 2 aromatic rings. The first kappa shape index (κ1) is 12.3. The minimum atomic E-state index is -0.419. The maximum atomic E-state index is 13.1. The fraction of sp³-hybridized carbons (Fsp3) is 0.273. The van der Waals surface area contributed by atoms with E-state index in [2.05, 4.69) is 10.1 Å². The molecule has 0 saturated heterocycles. The standard InChI is InChI=1S/C11H10Cl2FN3/c1-6-10(13)7(2)17(16-6)11-8(4-12)3-9(14)5-15-11/h3,5H,4H2,1-2H3. The molecule has 2 heterocycles. The maximum absolute atomic E-state index is 13.1. The van der Waals surface area contributed by atoms with Gasteiger partial charge >= 0.3 is 0 Å². The Bertz CT molecular complexity index is 566. The van der Waals surface area contributed by atoms with Gasteiger partial charge in [-0.3, -0.25) is 0 Å². The minimum Gasteiger partial charge on any atom is -0.234 e. The van der Waals surface area contributed by atoms with E-state index in [1.807, 2.05) is 6.92 Å². The molecule has 0 aliphatic heterocycles. The number of alkyl halides is 1. The number of hydrogen-bond donors (Lipinski definition) is 0. The lowest BCUT2D eigenvalue weighted by Crippen LogP contribution is -2.06. The van der Waals surface area contributed by atoms with Gasteiger partial charge in [-0.15, -0.1) is 11.6 Å². The van der Waals surface area contributed by atoms with Gasteiger partial charge < -0.3 is 0 Å². The average Bonchev–Trinajstić information content (AvgIpc) is 2.57. The molecular weight excluding hydrogens is 264 g/mol. The van der Waals surface area contributed by atoms with E-state index >= 15 is 0 Å². The van der Waals surface area contributed by atoms with Crippen LogP contribution in [0.25, 0.3) is 5.82 Å². The third kappa shape index (κ3) is 2.15. The van der Waals surface area contributed by atoms with Crippen LogP contribution in [0.4, 0.5) is 4.39 Å². The Hall–Kier alpha value is -1.13. The second-order valence-corrected chi connectivity index (χ2v) is 4.31. The topological polar surface area (TPSA) is 30.7 Å². The summed E-state index contributed by atoms with van der Waals surface area (Å²) in [7, 11) is 0. The van der Waals surface area contributed by atoms with Crippen LogP contribution >= 0.6 is 23.2 Å². The van der Waals surface area contributed by atoms with Crippen LogP contribution in [0.3, 0.4) is 0 Å². The smallest absolute Gasteiger partial charge is 0.158 e. The summed E-state index contributed by atoms with van der Waals surface area (Å²) in [6.07, 6.45) is 1.13. The van der Waals surface area contributed by atoms with Crippen molar-refractivity contribution in [2.45, 2.75) is 19.7 Å². The number of pyridine rings is 1. The predicted octanol–water partition coefficient (Wildman–Crippen LogP) is 3.42. The maximum Gasteiger partial charge on any atom is 0.158 e. The summed E-state index contributed by atoms with van der Waals surface area (Å²) in [5.41, 5.74) is 2.04. The summed E-state index contributed by atoms with van der Waals surface area (Å²) >= 11 is 11.8. The molecule has 3 nitrogen and oxygen atoms in total. The summed E-state index contributed by atoms with van der Waals surface area (Å²) < 4.78 is 14.6. The van der Waals surface area contributed by atoms with Crippen LogP contribution in [0.15, 0.2) is 12.3 Å². The Morgan fingerprint density at radius 1 is 1.41 bits per heavy atom. The van der Waals surface area contributed by atoms with Crippen LogP contribution in [-0.2, 0) is 5.88 Å². The Morgan fingerprint density at radius 2 is 2.12 bits per heavy atom. The molecule has 0 atom stereocenters. The molecule has 0 aliphatic carbocycles. The molecule has 0 unspecified atom stereocenters.